The molecule has 0 aliphatic heterocycles. The molecule has 32 heavy (non-hydrogen) atoms. The normalized spacial score (nSPS) is 11.5. The van der Waals surface area contributed by atoms with E-state index >= 15 is 0 Å². The number of pyridine rings is 1. The average molecular weight is 473 g/mol. The van der Waals surface area contributed by atoms with Gasteiger partial charge in [0.15, 0.2) is 0 Å². The Labute approximate surface area is 196 Å². The van der Waals surface area contributed by atoms with Gasteiger partial charge in [-0.15, -0.1) is 0 Å². The first kappa shape index (κ1) is 23.6. The molecule has 1 N–H and O–H groups in total. The second-order valence-electron chi connectivity index (χ2n) is 7.01. The summed E-state index contributed by atoms with van der Waals surface area (Å²) in [5.41, 5.74) is 2.26. The standard InChI is InChI=1S/C24H22Cl2N2O4/c1-15(19-5-3-4-6-20(19)24(30)31-2)28-22(29)21-13-18(26)14-27-23(21)32-12-11-16-7-9-17(25)10-8-16/h3-10,13-15H,11-12H2,1-2H3,(H,28,29)/t15-/m0/s1. The highest BCUT2D eigenvalue weighted by atomic mass is 35.5. The number of halogens is 2. The van der Waals surface area contributed by atoms with Gasteiger partial charge in [-0.1, -0.05) is 53.5 Å². The van der Waals surface area contributed by atoms with E-state index in [-0.39, 0.29) is 11.4 Å². The lowest BCUT2D eigenvalue weighted by Crippen LogP contribution is -2.28. The van der Waals surface area contributed by atoms with Crippen molar-refractivity contribution in [2.75, 3.05) is 13.7 Å². The van der Waals surface area contributed by atoms with Crippen molar-refractivity contribution in [1.29, 1.82) is 0 Å². The maximum absolute atomic E-state index is 13.0. The Morgan fingerprint density at radius 2 is 1.75 bits per heavy atom. The van der Waals surface area contributed by atoms with Crippen LogP contribution in [0.15, 0.2) is 60.8 Å². The number of rotatable bonds is 8. The highest BCUT2D eigenvalue weighted by Gasteiger charge is 2.21. The lowest BCUT2D eigenvalue weighted by molar-refractivity contribution is 0.0597. The number of methoxy groups -OCH3 is 1. The molecule has 0 spiro atoms. The maximum atomic E-state index is 13.0. The topological polar surface area (TPSA) is 77.5 Å². The molecule has 0 radical (unpaired) electrons. The molecule has 0 saturated carbocycles. The number of ether oxygens (including phenoxy) is 2. The van der Waals surface area contributed by atoms with E-state index in [1.165, 1.54) is 19.4 Å². The van der Waals surface area contributed by atoms with E-state index in [2.05, 4.69) is 10.3 Å². The van der Waals surface area contributed by atoms with Crippen molar-refractivity contribution in [3.05, 3.63) is 93.1 Å². The fourth-order valence-electron chi connectivity index (χ4n) is 3.14. The van der Waals surface area contributed by atoms with Gasteiger partial charge in [0.05, 0.1) is 30.3 Å². The molecule has 1 aromatic heterocycles. The van der Waals surface area contributed by atoms with Crippen molar-refractivity contribution in [1.82, 2.24) is 10.3 Å². The summed E-state index contributed by atoms with van der Waals surface area (Å²) in [4.78, 5) is 29.2. The molecule has 6 nitrogen and oxygen atoms in total. The van der Waals surface area contributed by atoms with Gasteiger partial charge in [0.2, 0.25) is 5.88 Å². The minimum atomic E-state index is -0.475. The molecule has 0 saturated heterocycles. The molecule has 2 aromatic carbocycles. The fraction of sp³-hybridized carbons (Fsp3) is 0.208. The molecular weight excluding hydrogens is 451 g/mol. The maximum Gasteiger partial charge on any atom is 0.338 e. The second kappa shape index (κ2) is 11.0. The van der Waals surface area contributed by atoms with Gasteiger partial charge in [0.25, 0.3) is 5.91 Å². The van der Waals surface area contributed by atoms with Crippen LogP contribution in [0.2, 0.25) is 10.0 Å². The third-order valence-corrected chi connectivity index (χ3v) is 5.24. The Bertz CT molecular complexity index is 1100. The number of hydrogen-bond acceptors (Lipinski definition) is 5. The minimum Gasteiger partial charge on any atom is -0.477 e. The predicted octanol–water partition coefficient (Wildman–Crippen LogP) is 5.29. The number of carbonyl (C=O) groups excluding carboxylic acids is 2. The number of benzene rings is 2. The Hall–Kier alpha value is -3.09. The van der Waals surface area contributed by atoms with Gasteiger partial charge in [-0.2, -0.15) is 0 Å². The van der Waals surface area contributed by atoms with Crippen LogP contribution >= 0.6 is 23.2 Å². The predicted molar refractivity (Wildman–Crippen MR) is 124 cm³/mol. The summed E-state index contributed by atoms with van der Waals surface area (Å²) >= 11 is 12.0. The highest BCUT2D eigenvalue weighted by Crippen LogP contribution is 2.23. The molecule has 0 unspecified atom stereocenters. The van der Waals surface area contributed by atoms with Crippen LogP contribution < -0.4 is 10.1 Å². The zero-order valence-corrected chi connectivity index (χ0v) is 19.1. The van der Waals surface area contributed by atoms with Crippen LogP contribution in [0.25, 0.3) is 0 Å². The van der Waals surface area contributed by atoms with Gasteiger partial charge in [-0.25, -0.2) is 9.78 Å². The van der Waals surface area contributed by atoms with Crippen LogP contribution in [0.1, 0.15) is 44.8 Å². The summed E-state index contributed by atoms with van der Waals surface area (Å²) in [5, 5.41) is 3.84. The van der Waals surface area contributed by atoms with Crippen LogP contribution in [0.4, 0.5) is 0 Å². The Morgan fingerprint density at radius 1 is 1.03 bits per heavy atom. The van der Waals surface area contributed by atoms with Crippen molar-refractivity contribution >= 4 is 35.1 Å². The lowest BCUT2D eigenvalue weighted by atomic mass is 10.0. The zero-order chi connectivity index (χ0) is 23.1. The summed E-state index contributed by atoms with van der Waals surface area (Å²) in [7, 11) is 1.31. The molecular formula is C24H22Cl2N2O4. The monoisotopic (exact) mass is 472 g/mol. The average Bonchev–Trinajstić information content (AvgIpc) is 2.80. The van der Waals surface area contributed by atoms with Gasteiger partial charge in [-0.05, 0) is 42.3 Å². The first-order chi connectivity index (χ1) is 15.4. The van der Waals surface area contributed by atoms with Crippen molar-refractivity contribution in [2.45, 2.75) is 19.4 Å². The number of amides is 1. The Balaban J connectivity index is 1.73. The largest absolute Gasteiger partial charge is 0.477 e. The summed E-state index contributed by atoms with van der Waals surface area (Å²) in [6.45, 7) is 2.09. The van der Waals surface area contributed by atoms with Crippen LogP contribution in [-0.2, 0) is 11.2 Å². The number of hydrogen-bond donors (Lipinski definition) is 1. The molecule has 3 rings (SSSR count). The second-order valence-corrected chi connectivity index (χ2v) is 7.88. The summed E-state index contributed by atoms with van der Waals surface area (Å²) in [5.74, 6) is -0.722. The first-order valence-electron chi connectivity index (χ1n) is 9.90. The van der Waals surface area contributed by atoms with Crippen molar-refractivity contribution in [3.63, 3.8) is 0 Å². The van der Waals surface area contributed by atoms with E-state index in [0.29, 0.717) is 34.2 Å². The molecule has 166 valence electrons. The molecule has 0 aliphatic rings. The summed E-state index contributed by atoms with van der Waals surface area (Å²) in [6.07, 6.45) is 2.04. The van der Waals surface area contributed by atoms with E-state index in [9.17, 15) is 9.59 Å². The summed E-state index contributed by atoms with van der Waals surface area (Å²) < 4.78 is 10.6. The number of carbonyl (C=O) groups is 2. The van der Waals surface area contributed by atoms with Crippen LogP contribution in [0.3, 0.4) is 0 Å². The number of aromatic nitrogens is 1. The minimum absolute atomic E-state index is 0.175. The molecule has 0 aliphatic carbocycles. The van der Waals surface area contributed by atoms with E-state index in [1.54, 1.807) is 31.2 Å². The van der Waals surface area contributed by atoms with Gasteiger partial charge in [0, 0.05) is 17.6 Å². The van der Waals surface area contributed by atoms with Gasteiger partial charge >= 0.3 is 5.97 Å². The first-order valence-corrected chi connectivity index (χ1v) is 10.7. The molecule has 8 heteroatoms. The highest BCUT2D eigenvalue weighted by molar-refractivity contribution is 6.31. The van der Waals surface area contributed by atoms with E-state index < -0.39 is 17.9 Å². The van der Waals surface area contributed by atoms with E-state index in [4.69, 9.17) is 32.7 Å². The number of nitrogens with one attached hydrogen (secondary N) is 1. The molecule has 3 aromatic rings. The molecule has 1 heterocycles. The smallest absolute Gasteiger partial charge is 0.338 e. The molecule has 1 amide bonds. The molecule has 0 fully saturated rings. The Morgan fingerprint density at radius 3 is 2.47 bits per heavy atom. The van der Waals surface area contributed by atoms with Gasteiger partial charge < -0.3 is 14.8 Å². The third-order valence-electron chi connectivity index (χ3n) is 4.79. The van der Waals surface area contributed by atoms with Crippen molar-refractivity contribution in [3.8, 4) is 5.88 Å². The molecule has 1 atom stereocenters. The molecule has 0 bridgehead atoms. The SMILES string of the molecule is COC(=O)c1ccccc1[C@H](C)NC(=O)c1cc(Cl)cnc1OCCc1ccc(Cl)cc1. The Kier molecular flexibility index (Phi) is 8.09. The van der Waals surface area contributed by atoms with Gasteiger partial charge in [0.1, 0.15) is 5.56 Å². The van der Waals surface area contributed by atoms with Crippen molar-refractivity contribution < 1.29 is 19.1 Å². The van der Waals surface area contributed by atoms with Crippen LogP contribution in [-0.4, -0.2) is 30.6 Å². The van der Waals surface area contributed by atoms with E-state index in [1.807, 2.05) is 24.3 Å². The van der Waals surface area contributed by atoms with Crippen LogP contribution in [0, 0.1) is 0 Å². The quantitative estimate of drug-likeness (QED) is 0.450. The van der Waals surface area contributed by atoms with Crippen molar-refractivity contribution in [2.24, 2.45) is 0 Å². The zero-order valence-electron chi connectivity index (χ0n) is 17.6. The summed E-state index contributed by atoms with van der Waals surface area (Å²) in [6, 6.07) is 15.4. The third kappa shape index (κ3) is 5.99. The number of nitrogens with zero attached hydrogens (tertiary/aromatic N) is 1. The fourth-order valence-corrected chi connectivity index (χ4v) is 3.43. The lowest BCUT2D eigenvalue weighted by Gasteiger charge is -2.18. The van der Waals surface area contributed by atoms with E-state index in [0.717, 1.165) is 5.56 Å². The van der Waals surface area contributed by atoms with Crippen LogP contribution in [0.5, 0.6) is 5.88 Å². The van der Waals surface area contributed by atoms with Gasteiger partial charge in [-0.3, -0.25) is 4.79 Å². The number of esters is 1.